The molecule has 1 amide bonds. The summed E-state index contributed by atoms with van der Waals surface area (Å²) in [6.07, 6.45) is 5.99. The number of hydrogen-bond donors (Lipinski definition) is 2. The monoisotopic (exact) mass is 356 g/mol. The van der Waals surface area contributed by atoms with Crippen LogP contribution < -0.4 is 11.1 Å². The van der Waals surface area contributed by atoms with Crippen LogP contribution in [0.5, 0.6) is 0 Å². The van der Waals surface area contributed by atoms with E-state index in [4.69, 9.17) is 15.2 Å². The van der Waals surface area contributed by atoms with Crippen molar-refractivity contribution in [2.45, 2.75) is 83.8 Å². The number of nitrogens with one attached hydrogen (secondary N) is 1. The second kappa shape index (κ2) is 9.41. The second-order valence-electron chi connectivity index (χ2n) is 8.18. The number of hydrogen-bond acceptors (Lipinski definition) is 5. The highest BCUT2D eigenvalue weighted by molar-refractivity contribution is 5.75. The zero-order valence-corrected chi connectivity index (χ0v) is 16.5. The van der Waals surface area contributed by atoms with Gasteiger partial charge < -0.3 is 20.5 Å². The molecule has 1 saturated carbocycles. The van der Waals surface area contributed by atoms with Gasteiger partial charge in [0.05, 0.1) is 13.0 Å². The second-order valence-corrected chi connectivity index (χ2v) is 8.18. The molecule has 0 radical (unpaired) electrons. The molecule has 0 spiro atoms. The molecule has 1 aliphatic rings. The molecule has 6 nitrogen and oxygen atoms in total. The van der Waals surface area contributed by atoms with Gasteiger partial charge in [-0.05, 0) is 58.9 Å². The predicted octanol–water partition coefficient (Wildman–Crippen LogP) is 3.38. The van der Waals surface area contributed by atoms with E-state index < -0.39 is 17.2 Å². The number of rotatable bonds is 9. The van der Waals surface area contributed by atoms with Crippen molar-refractivity contribution >= 4 is 12.1 Å². The van der Waals surface area contributed by atoms with Crippen molar-refractivity contribution in [1.29, 1.82) is 0 Å². The smallest absolute Gasteiger partial charge is 0.408 e. The summed E-state index contributed by atoms with van der Waals surface area (Å²) in [4.78, 5) is 24.2. The van der Waals surface area contributed by atoms with Crippen molar-refractivity contribution in [2.75, 3.05) is 13.7 Å². The summed E-state index contributed by atoms with van der Waals surface area (Å²) in [5.41, 5.74) is 4.85. The molecule has 0 bridgehead atoms. The molecule has 1 unspecified atom stereocenters. The highest BCUT2D eigenvalue weighted by atomic mass is 16.6. The van der Waals surface area contributed by atoms with E-state index in [0.717, 1.165) is 32.1 Å². The molecule has 0 aromatic heterocycles. The Labute approximate surface area is 152 Å². The summed E-state index contributed by atoms with van der Waals surface area (Å²) >= 11 is 0. The first kappa shape index (κ1) is 21.7. The molecule has 0 aromatic rings. The Morgan fingerprint density at radius 1 is 1.24 bits per heavy atom. The lowest BCUT2D eigenvalue weighted by atomic mass is 9.60. The van der Waals surface area contributed by atoms with Gasteiger partial charge in [0, 0.05) is 5.54 Å². The maximum absolute atomic E-state index is 12.4. The molecule has 1 rings (SSSR count). The van der Waals surface area contributed by atoms with E-state index in [2.05, 4.69) is 12.2 Å². The molecule has 146 valence electrons. The Hall–Kier alpha value is -1.30. The molecule has 3 N–H and O–H groups in total. The molecule has 1 atom stereocenters. The van der Waals surface area contributed by atoms with E-state index >= 15 is 0 Å². The van der Waals surface area contributed by atoms with Crippen LogP contribution in [0, 0.1) is 11.8 Å². The minimum Gasteiger partial charge on any atom is -0.469 e. The highest BCUT2D eigenvalue weighted by Gasteiger charge is 2.53. The van der Waals surface area contributed by atoms with Crippen LogP contribution >= 0.6 is 0 Å². The normalized spacial score (nSPS) is 24.2. The lowest BCUT2D eigenvalue weighted by Gasteiger charge is -2.51. The Morgan fingerprint density at radius 3 is 2.36 bits per heavy atom. The summed E-state index contributed by atoms with van der Waals surface area (Å²) in [7, 11) is 1.41. The van der Waals surface area contributed by atoms with E-state index in [1.54, 1.807) is 0 Å². The van der Waals surface area contributed by atoms with Crippen LogP contribution in [0.2, 0.25) is 0 Å². The van der Waals surface area contributed by atoms with Gasteiger partial charge in [0.2, 0.25) is 0 Å². The van der Waals surface area contributed by atoms with Crippen LogP contribution in [0.1, 0.15) is 72.6 Å². The number of alkyl carbamates (subject to hydrolysis) is 1. The maximum Gasteiger partial charge on any atom is 0.408 e. The number of nitrogens with two attached hydrogens (primary N) is 1. The van der Waals surface area contributed by atoms with Gasteiger partial charge in [-0.25, -0.2) is 4.79 Å². The maximum atomic E-state index is 12.4. The minimum atomic E-state index is -0.553. The van der Waals surface area contributed by atoms with E-state index in [0.29, 0.717) is 19.4 Å². The summed E-state index contributed by atoms with van der Waals surface area (Å²) in [6, 6.07) is 0. The van der Waals surface area contributed by atoms with Gasteiger partial charge in [-0.2, -0.15) is 0 Å². The molecule has 0 heterocycles. The minimum absolute atomic E-state index is 0.161. The first-order valence-corrected chi connectivity index (χ1v) is 9.46. The molecule has 1 aliphatic carbocycles. The third-order valence-electron chi connectivity index (χ3n) is 4.96. The summed E-state index contributed by atoms with van der Waals surface area (Å²) in [5, 5.41) is 3.08. The van der Waals surface area contributed by atoms with Crippen LogP contribution in [0.3, 0.4) is 0 Å². The molecule has 0 saturated heterocycles. The lowest BCUT2D eigenvalue weighted by Crippen LogP contribution is -2.64. The number of carbonyl (C=O) groups excluding carboxylic acids is 2. The SMILES string of the molecule is CCCCCC(CCN)C1(NC(=O)OC(C)(C)C)CC(C(=O)OC)C1. The first-order valence-electron chi connectivity index (χ1n) is 9.46. The number of methoxy groups -OCH3 is 1. The largest absolute Gasteiger partial charge is 0.469 e. The van der Waals surface area contributed by atoms with E-state index in [1.807, 2.05) is 20.8 Å². The number of esters is 1. The Balaban J connectivity index is 2.86. The molecule has 25 heavy (non-hydrogen) atoms. The molecule has 6 heteroatoms. The van der Waals surface area contributed by atoms with Crippen LogP contribution in [-0.2, 0) is 14.3 Å². The number of amides is 1. The highest BCUT2D eigenvalue weighted by Crippen LogP contribution is 2.46. The fraction of sp³-hybridized carbons (Fsp3) is 0.895. The summed E-state index contributed by atoms with van der Waals surface area (Å²) in [5.74, 6) is -0.120. The first-order chi connectivity index (χ1) is 11.7. The van der Waals surface area contributed by atoms with E-state index in [1.165, 1.54) is 7.11 Å². The van der Waals surface area contributed by atoms with Gasteiger partial charge >= 0.3 is 12.1 Å². The predicted molar refractivity (Wildman–Crippen MR) is 98.1 cm³/mol. The van der Waals surface area contributed by atoms with Crippen molar-refractivity contribution in [1.82, 2.24) is 5.32 Å². The molecule has 0 aromatic carbocycles. The summed E-state index contributed by atoms with van der Waals surface area (Å²) < 4.78 is 10.3. The molecule has 0 aliphatic heterocycles. The topological polar surface area (TPSA) is 90.6 Å². The lowest BCUT2D eigenvalue weighted by molar-refractivity contribution is -0.153. The molecular weight excluding hydrogens is 320 g/mol. The van der Waals surface area contributed by atoms with Gasteiger partial charge in [0.15, 0.2) is 0 Å². The van der Waals surface area contributed by atoms with Gasteiger partial charge in [-0.15, -0.1) is 0 Å². The number of unbranched alkanes of at least 4 members (excludes halogenated alkanes) is 2. The van der Waals surface area contributed by atoms with Gasteiger partial charge in [-0.1, -0.05) is 26.2 Å². The zero-order valence-electron chi connectivity index (χ0n) is 16.5. The van der Waals surface area contributed by atoms with E-state index in [-0.39, 0.29) is 17.8 Å². The number of carbonyl (C=O) groups is 2. The van der Waals surface area contributed by atoms with Crippen LogP contribution in [0.4, 0.5) is 4.79 Å². The van der Waals surface area contributed by atoms with Crippen molar-refractivity contribution in [3.05, 3.63) is 0 Å². The van der Waals surface area contributed by atoms with Gasteiger partial charge in [-0.3, -0.25) is 4.79 Å². The Morgan fingerprint density at radius 2 is 1.88 bits per heavy atom. The Kier molecular flexibility index (Phi) is 8.19. The van der Waals surface area contributed by atoms with Crippen molar-refractivity contribution in [3.63, 3.8) is 0 Å². The van der Waals surface area contributed by atoms with Crippen molar-refractivity contribution in [2.24, 2.45) is 17.6 Å². The van der Waals surface area contributed by atoms with E-state index in [9.17, 15) is 9.59 Å². The van der Waals surface area contributed by atoms with Gasteiger partial charge in [0.1, 0.15) is 5.60 Å². The summed E-state index contributed by atoms with van der Waals surface area (Å²) in [6.45, 7) is 8.27. The quantitative estimate of drug-likeness (QED) is 0.488. The van der Waals surface area contributed by atoms with Crippen LogP contribution in [0.25, 0.3) is 0 Å². The fourth-order valence-corrected chi connectivity index (χ4v) is 3.74. The van der Waals surface area contributed by atoms with Gasteiger partial charge in [0.25, 0.3) is 0 Å². The average molecular weight is 357 g/mol. The zero-order chi connectivity index (χ0) is 19.1. The standard InChI is InChI=1S/C19H36N2O4/c1-6-7-8-9-15(10-11-20)19(12-14(13-19)16(22)24-5)21-17(23)25-18(2,3)4/h14-15H,6-13,20H2,1-5H3,(H,21,23). The molecular formula is C19H36N2O4. The molecule has 1 fully saturated rings. The van der Waals surface area contributed by atoms with Crippen molar-refractivity contribution < 1.29 is 19.1 Å². The Bertz CT molecular complexity index is 439. The average Bonchev–Trinajstić information content (AvgIpc) is 2.47. The van der Waals surface area contributed by atoms with Crippen LogP contribution in [0.15, 0.2) is 0 Å². The third-order valence-corrected chi connectivity index (χ3v) is 4.96. The number of ether oxygens (including phenoxy) is 2. The third kappa shape index (κ3) is 6.49. The van der Waals surface area contributed by atoms with Crippen molar-refractivity contribution in [3.8, 4) is 0 Å². The fourth-order valence-electron chi connectivity index (χ4n) is 3.74. The van der Waals surface area contributed by atoms with Crippen LogP contribution in [-0.4, -0.2) is 36.9 Å².